The van der Waals surface area contributed by atoms with Gasteiger partial charge in [0.2, 0.25) is 5.91 Å². The fourth-order valence-electron chi connectivity index (χ4n) is 1.86. The van der Waals surface area contributed by atoms with Crippen molar-refractivity contribution in [3.8, 4) is 17.6 Å². The summed E-state index contributed by atoms with van der Waals surface area (Å²) in [4.78, 5) is 11.9. The lowest BCUT2D eigenvalue weighted by Gasteiger charge is -2.05. The predicted molar refractivity (Wildman–Crippen MR) is 98.3 cm³/mol. The first-order chi connectivity index (χ1) is 11.9. The van der Waals surface area contributed by atoms with E-state index in [2.05, 4.69) is 21.9 Å². The van der Waals surface area contributed by atoms with Crippen LogP contribution in [0.4, 0.5) is 5.69 Å². The highest BCUT2D eigenvalue weighted by Crippen LogP contribution is 2.20. The maximum atomic E-state index is 12.0. The first kappa shape index (κ1) is 19.0. The van der Waals surface area contributed by atoms with Gasteiger partial charge in [-0.15, -0.1) is 11.3 Å². The number of anilines is 1. The maximum Gasteiger partial charge on any atom is 0.250 e. The average molecular weight is 378 g/mol. The molecular weight excluding hydrogens is 360 g/mol. The molecule has 0 bridgehead atoms. The van der Waals surface area contributed by atoms with Gasteiger partial charge in [-0.25, -0.2) is 8.42 Å². The molecule has 0 radical (unpaired) electrons. The number of nitrogens with one attached hydrogen (secondary N) is 2. The summed E-state index contributed by atoms with van der Waals surface area (Å²) >= 11 is 1.21. The van der Waals surface area contributed by atoms with Crippen LogP contribution in [0.1, 0.15) is 11.8 Å². The van der Waals surface area contributed by atoms with Gasteiger partial charge in [0, 0.05) is 23.6 Å². The van der Waals surface area contributed by atoms with Gasteiger partial charge in [0.1, 0.15) is 16.6 Å². The fraction of sp³-hybridized carbons (Fsp3) is 0.235. The van der Waals surface area contributed by atoms with E-state index in [1.165, 1.54) is 18.3 Å². The maximum absolute atomic E-state index is 12.0. The molecule has 1 aromatic carbocycles. The van der Waals surface area contributed by atoms with E-state index in [1.54, 1.807) is 36.4 Å². The molecule has 132 valence electrons. The molecule has 0 spiro atoms. The van der Waals surface area contributed by atoms with Crippen LogP contribution in [0.25, 0.3) is 0 Å². The van der Waals surface area contributed by atoms with Gasteiger partial charge in [0.25, 0.3) is 10.0 Å². The Bertz CT molecular complexity index is 908. The zero-order valence-electron chi connectivity index (χ0n) is 13.8. The molecule has 25 heavy (non-hydrogen) atoms. The van der Waals surface area contributed by atoms with Crippen molar-refractivity contribution in [3.63, 3.8) is 0 Å². The van der Waals surface area contributed by atoms with Crippen LogP contribution in [0.3, 0.4) is 0 Å². The van der Waals surface area contributed by atoms with Crippen LogP contribution in [0.2, 0.25) is 0 Å². The highest BCUT2D eigenvalue weighted by Gasteiger charge is 2.14. The second kappa shape index (κ2) is 8.67. The number of aryl methyl sites for hydroxylation is 1. The molecule has 0 unspecified atom stereocenters. The van der Waals surface area contributed by atoms with Crippen molar-refractivity contribution in [2.75, 3.05) is 18.5 Å². The lowest BCUT2D eigenvalue weighted by atomic mass is 10.3. The number of carbonyl (C=O) groups excluding carboxylic acids is 1. The fourth-order valence-corrected chi connectivity index (χ4v) is 4.11. The molecule has 2 N–H and O–H groups in total. The Hall–Kier alpha value is -2.34. The van der Waals surface area contributed by atoms with Gasteiger partial charge >= 0.3 is 0 Å². The van der Waals surface area contributed by atoms with E-state index in [0.29, 0.717) is 11.4 Å². The molecule has 2 rings (SSSR count). The van der Waals surface area contributed by atoms with Crippen LogP contribution in [0, 0.1) is 18.8 Å². The average Bonchev–Trinajstić information content (AvgIpc) is 2.98. The third-order valence-corrected chi connectivity index (χ3v) is 5.82. The molecule has 0 aliphatic rings. The molecule has 0 atom stereocenters. The third kappa shape index (κ3) is 6.23. The van der Waals surface area contributed by atoms with Crippen LogP contribution in [0.15, 0.2) is 40.6 Å². The molecule has 0 saturated heterocycles. The normalized spacial score (nSPS) is 10.6. The van der Waals surface area contributed by atoms with E-state index < -0.39 is 10.0 Å². The Morgan fingerprint density at radius 3 is 2.72 bits per heavy atom. The lowest BCUT2D eigenvalue weighted by Crippen LogP contribution is -2.23. The summed E-state index contributed by atoms with van der Waals surface area (Å²) in [5, 5.41) is 2.66. The van der Waals surface area contributed by atoms with Crippen LogP contribution < -0.4 is 14.8 Å². The van der Waals surface area contributed by atoms with Crippen molar-refractivity contribution < 1.29 is 17.9 Å². The monoisotopic (exact) mass is 378 g/mol. The molecule has 6 nitrogen and oxygen atoms in total. The van der Waals surface area contributed by atoms with E-state index >= 15 is 0 Å². The Kier molecular flexibility index (Phi) is 6.58. The van der Waals surface area contributed by atoms with Gasteiger partial charge in [0.15, 0.2) is 0 Å². The van der Waals surface area contributed by atoms with Gasteiger partial charge in [0.05, 0.1) is 6.54 Å². The summed E-state index contributed by atoms with van der Waals surface area (Å²) in [5.74, 6) is 5.85. The van der Waals surface area contributed by atoms with Crippen molar-refractivity contribution >= 4 is 33.0 Å². The number of sulfonamides is 1. The van der Waals surface area contributed by atoms with Gasteiger partial charge in [-0.3, -0.25) is 4.79 Å². The summed E-state index contributed by atoms with van der Waals surface area (Å²) in [5.41, 5.74) is 0.636. The Morgan fingerprint density at radius 1 is 1.24 bits per heavy atom. The van der Waals surface area contributed by atoms with Crippen LogP contribution >= 0.6 is 11.3 Å². The summed E-state index contributed by atoms with van der Waals surface area (Å²) in [6.45, 7) is 3.40. The van der Waals surface area contributed by atoms with Crippen LogP contribution in [0.5, 0.6) is 5.75 Å². The predicted octanol–water partition coefficient (Wildman–Crippen LogP) is 2.38. The molecule has 2 aromatic rings. The van der Waals surface area contributed by atoms with Crippen molar-refractivity contribution in [3.05, 3.63) is 41.3 Å². The first-order valence-corrected chi connectivity index (χ1v) is 9.69. The van der Waals surface area contributed by atoms with Gasteiger partial charge in [-0.1, -0.05) is 17.9 Å². The van der Waals surface area contributed by atoms with Crippen LogP contribution in [-0.2, 0) is 14.8 Å². The van der Waals surface area contributed by atoms with Crippen molar-refractivity contribution in [2.24, 2.45) is 0 Å². The number of ether oxygens (including phenoxy) is 1. The number of carbonyl (C=O) groups is 1. The zero-order valence-corrected chi connectivity index (χ0v) is 15.5. The third-order valence-electron chi connectivity index (χ3n) is 2.92. The molecule has 0 saturated carbocycles. The summed E-state index contributed by atoms with van der Waals surface area (Å²) in [6.07, 6.45) is 0. The molecule has 8 heteroatoms. The number of thiophene rings is 1. The highest BCUT2D eigenvalue weighted by molar-refractivity contribution is 7.91. The van der Waals surface area contributed by atoms with Gasteiger partial charge in [-0.2, -0.15) is 4.72 Å². The van der Waals surface area contributed by atoms with Crippen molar-refractivity contribution in [1.29, 1.82) is 0 Å². The first-order valence-electron chi connectivity index (χ1n) is 7.39. The largest absolute Gasteiger partial charge is 0.481 e. The Balaban J connectivity index is 1.80. The van der Waals surface area contributed by atoms with E-state index in [1.807, 2.05) is 6.92 Å². The molecule has 0 aliphatic heterocycles. The van der Waals surface area contributed by atoms with Crippen molar-refractivity contribution in [1.82, 2.24) is 4.72 Å². The standard InChI is InChI=1S/C17H18N2O4S2/c1-13-8-9-17(24-13)25(21,22)18-10-3-4-11-23-16-7-5-6-15(12-16)19-14(2)20/h5-9,12,18H,10-11H2,1-2H3,(H,19,20). The number of benzene rings is 1. The number of hydrogen-bond donors (Lipinski definition) is 2. The second-order valence-corrected chi connectivity index (χ2v) is 8.32. The quantitative estimate of drug-likeness (QED) is 0.756. The molecule has 1 heterocycles. The van der Waals surface area contributed by atoms with E-state index in [0.717, 1.165) is 4.88 Å². The van der Waals surface area contributed by atoms with E-state index in [4.69, 9.17) is 4.74 Å². The van der Waals surface area contributed by atoms with Crippen LogP contribution in [-0.4, -0.2) is 27.5 Å². The zero-order chi connectivity index (χ0) is 18.3. The molecular formula is C17H18N2O4S2. The highest BCUT2D eigenvalue weighted by atomic mass is 32.2. The minimum absolute atomic E-state index is 0.00850. The number of amides is 1. The van der Waals surface area contributed by atoms with E-state index in [-0.39, 0.29) is 23.3 Å². The number of hydrogen-bond acceptors (Lipinski definition) is 5. The molecule has 1 amide bonds. The SMILES string of the molecule is CC(=O)Nc1cccc(OCC#CCNS(=O)(=O)c2ccc(C)s2)c1. The Labute approximate surface area is 151 Å². The Morgan fingerprint density at radius 2 is 2.04 bits per heavy atom. The summed E-state index contributed by atoms with van der Waals surface area (Å²) in [6, 6.07) is 10.3. The number of rotatable bonds is 6. The van der Waals surface area contributed by atoms with Gasteiger partial charge in [-0.05, 0) is 31.2 Å². The van der Waals surface area contributed by atoms with Crippen molar-refractivity contribution in [2.45, 2.75) is 18.1 Å². The smallest absolute Gasteiger partial charge is 0.250 e. The van der Waals surface area contributed by atoms with Gasteiger partial charge < -0.3 is 10.1 Å². The summed E-state index contributed by atoms with van der Waals surface area (Å²) in [7, 11) is -3.51. The second-order valence-electron chi connectivity index (χ2n) is 5.04. The minimum Gasteiger partial charge on any atom is -0.481 e. The molecule has 0 aliphatic carbocycles. The molecule has 0 fully saturated rings. The summed E-state index contributed by atoms with van der Waals surface area (Å²) < 4.78 is 32.1. The topological polar surface area (TPSA) is 84.5 Å². The molecule has 1 aromatic heterocycles. The minimum atomic E-state index is -3.51. The van der Waals surface area contributed by atoms with E-state index in [9.17, 15) is 13.2 Å². The lowest BCUT2D eigenvalue weighted by molar-refractivity contribution is -0.114.